The zero-order chi connectivity index (χ0) is 14.4. The monoisotopic (exact) mass is 285 g/mol. The Hall–Kier alpha value is -1.26. The van der Waals surface area contributed by atoms with E-state index in [-0.39, 0.29) is 0 Å². The molecular weight excluding hydrogens is 266 g/mol. The molecule has 1 unspecified atom stereocenters. The van der Waals surface area contributed by atoms with Crippen molar-refractivity contribution in [3.63, 3.8) is 0 Å². The van der Waals surface area contributed by atoms with Gasteiger partial charge >= 0.3 is 5.97 Å². The second-order valence-electron chi connectivity index (χ2n) is 4.65. The van der Waals surface area contributed by atoms with Gasteiger partial charge in [0.2, 0.25) is 0 Å². The van der Waals surface area contributed by atoms with Crippen molar-refractivity contribution in [2.45, 2.75) is 45.9 Å². The molecule has 0 amide bonds. The summed E-state index contributed by atoms with van der Waals surface area (Å²) in [5.41, 5.74) is 1.04. The van der Waals surface area contributed by atoms with Crippen LogP contribution in [-0.2, 0) is 11.3 Å². The van der Waals surface area contributed by atoms with E-state index >= 15 is 0 Å². The standard InChI is InChI=1S/C14H20ClNO3/c1-4-12(14(17)18)19-13-6-5-10(7-11(13)15)8-16-9(2)3/h5-7,9,12,16H,4,8H2,1-3H3,(H,17,18). The summed E-state index contributed by atoms with van der Waals surface area (Å²) in [6.45, 7) is 6.61. The van der Waals surface area contributed by atoms with Crippen LogP contribution in [0.15, 0.2) is 18.2 Å². The molecule has 0 spiro atoms. The van der Waals surface area contributed by atoms with Gasteiger partial charge in [-0.05, 0) is 24.1 Å². The minimum atomic E-state index is -0.982. The first-order valence-corrected chi connectivity index (χ1v) is 6.73. The van der Waals surface area contributed by atoms with Gasteiger partial charge in [-0.3, -0.25) is 0 Å². The van der Waals surface area contributed by atoms with E-state index in [2.05, 4.69) is 19.2 Å². The van der Waals surface area contributed by atoms with Gasteiger partial charge in [-0.15, -0.1) is 0 Å². The largest absolute Gasteiger partial charge is 0.479 e. The van der Waals surface area contributed by atoms with E-state index < -0.39 is 12.1 Å². The Kier molecular flexibility index (Phi) is 6.12. The van der Waals surface area contributed by atoms with Crippen LogP contribution in [-0.4, -0.2) is 23.2 Å². The number of hydrogen-bond acceptors (Lipinski definition) is 3. The molecule has 0 saturated carbocycles. The quantitative estimate of drug-likeness (QED) is 0.808. The molecule has 2 N–H and O–H groups in total. The van der Waals surface area contributed by atoms with Crippen molar-refractivity contribution in [2.24, 2.45) is 0 Å². The van der Waals surface area contributed by atoms with Crippen LogP contribution >= 0.6 is 11.6 Å². The van der Waals surface area contributed by atoms with Crippen LogP contribution in [0.1, 0.15) is 32.8 Å². The van der Waals surface area contributed by atoms with Crippen LogP contribution in [0, 0.1) is 0 Å². The van der Waals surface area contributed by atoms with Crippen LogP contribution in [0.3, 0.4) is 0 Å². The summed E-state index contributed by atoms with van der Waals surface area (Å²) >= 11 is 6.10. The molecule has 4 nitrogen and oxygen atoms in total. The molecule has 0 aliphatic carbocycles. The molecule has 19 heavy (non-hydrogen) atoms. The van der Waals surface area contributed by atoms with Crippen molar-refractivity contribution in [1.82, 2.24) is 5.32 Å². The maximum atomic E-state index is 10.9. The average molecular weight is 286 g/mol. The lowest BCUT2D eigenvalue weighted by Gasteiger charge is -2.15. The summed E-state index contributed by atoms with van der Waals surface area (Å²) in [5.74, 6) is -0.576. The van der Waals surface area contributed by atoms with E-state index in [0.29, 0.717) is 29.8 Å². The van der Waals surface area contributed by atoms with Crippen molar-refractivity contribution in [3.05, 3.63) is 28.8 Å². The van der Waals surface area contributed by atoms with Gasteiger partial charge < -0.3 is 15.2 Å². The first-order valence-electron chi connectivity index (χ1n) is 6.35. The lowest BCUT2D eigenvalue weighted by molar-refractivity contribution is -0.145. The molecule has 0 radical (unpaired) electrons. The Labute approximate surface area is 118 Å². The Balaban J connectivity index is 2.74. The van der Waals surface area contributed by atoms with E-state index in [4.69, 9.17) is 21.4 Å². The van der Waals surface area contributed by atoms with Crippen LogP contribution in [0.5, 0.6) is 5.75 Å². The molecule has 0 aliphatic rings. The fourth-order valence-electron chi connectivity index (χ4n) is 1.53. The van der Waals surface area contributed by atoms with Crippen LogP contribution in [0.4, 0.5) is 0 Å². The molecule has 106 valence electrons. The summed E-state index contributed by atoms with van der Waals surface area (Å²) in [6.07, 6.45) is -0.473. The highest BCUT2D eigenvalue weighted by atomic mass is 35.5. The topological polar surface area (TPSA) is 58.6 Å². The smallest absolute Gasteiger partial charge is 0.344 e. The van der Waals surface area contributed by atoms with Gasteiger partial charge in [-0.25, -0.2) is 4.79 Å². The predicted octanol–water partition coefficient (Wildman–Crippen LogP) is 3.08. The minimum absolute atomic E-state index is 0.391. The molecule has 0 aliphatic heterocycles. The van der Waals surface area contributed by atoms with E-state index in [1.165, 1.54) is 0 Å². The van der Waals surface area contributed by atoms with E-state index in [1.54, 1.807) is 19.1 Å². The summed E-state index contributed by atoms with van der Waals surface area (Å²) in [7, 11) is 0. The zero-order valence-corrected chi connectivity index (χ0v) is 12.2. The lowest BCUT2D eigenvalue weighted by Crippen LogP contribution is -2.26. The second-order valence-corrected chi connectivity index (χ2v) is 5.06. The van der Waals surface area contributed by atoms with Crippen molar-refractivity contribution < 1.29 is 14.6 Å². The lowest BCUT2D eigenvalue weighted by atomic mass is 10.2. The molecule has 5 heteroatoms. The average Bonchev–Trinajstić information content (AvgIpc) is 2.34. The van der Waals surface area contributed by atoms with Crippen LogP contribution in [0.2, 0.25) is 5.02 Å². The maximum absolute atomic E-state index is 10.9. The molecule has 1 aromatic rings. The van der Waals surface area contributed by atoms with Gasteiger partial charge in [0.15, 0.2) is 6.10 Å². The highest BCUT2D eigenvalue weighted by molar-refractivity contribution is 6.32. The Morgan fingerprint density at radius 3 is 2.63 bits per heavy atom. The van der Waals surface area contributed by atoms with Crippen LogP contribution in [0.25, 0.3) is 0 Å². The number of carboxylic acids is 1. The second kappa shape index (κ2) is 7.36. The molecule has 1 atom stereocenters. The van der Waals surface area contributed by atoms with E-state index in [9.17, 15) is 4.79 Å². The van der Waals surface area contributed by atoms with Gasteiger partial charge in [0.25, 0.3) is 0 Å². The van der Waals surface area contributed by atoms with Gasteiger partial charge in [0.1, 0.15) is 5.75 Å². The van der Waals surface area contributed by atoms with Gasteiger partial charge in [-0.2, -0.15) is 0 Å². The molecule has 0 heterocycles. The Morgan fingerprint density at radius 2 is 2.16 bits per heavy atom. The number of carboxylic acid groups (broad SMARTS) is 1. The molecule has 1 rings (SSSR count). The number of benzene rings is 1. The first-order chi connectivity index (χ1) is 8.93. The highest BCUT2D eigenvalue weighted by Crippen LogP contribution is 2.27. The predicted molar refractivity (Wildman–Crippen MR) is 75.8 cm³/mol. The molecule has 0 fully saturated rings. The van der Waals surface area contributed by atoms with E-state index in [1.807, 2.05) is 6.07 Å². The van der Waals surface area contributed by atoms with Crippen molar-refractivity contribution in [2.75, 3.05) is 0 Å². The fourth-order valence-corrected chi connectivity index (χ4v) is 1.78. The van der Waals surface area contributed by atoms with Gasteiger partial charge in [0.05, 0.1) is 5.02 Å². The minimum Gasteiger partial charge on any atom is -0.479 e. The summed E-state index contributed by atoms with van der Waals surface area (Å²) in [6, 6.07) is 5.78. The van der Waals surface area contributed by atoms with Crippen molar-refractivity contribution in [1.29, 1.82) is 0 Å². The number of hydrogen-bond donors (Lipinski definition) is 2. The number of ether oxygens (including phenoxy) is 1. The van der Waals surface area contributed by atoms with Gasteiger partial charge in [0, 0.05) is 12.6 Å². The maximum Gasteiger partial charge on any atom is 0.344 e. The van der Waals surface area contributed by atoms with E-state index in [0.717, 1.165) is 5.56 Å². The third-order valence-electron chi connectivity index (χ3n) is 2.63. The molecular formula is C14H20ClNO3. The Morgan fingerprint density at radius 1 is 1.47 bits per heavy atom. The molecule has 1 aromatic carbocycles. The molecule has 0 aromatic heterocycles. The van der Waals surface area contributed by atoms with Gasteiger partial charge in [-0.1, -0.05) is 38.4 Å². The van der Waals surface area contributed by atoms with Crippen LogP contribution < -0.4 is 10.1 Å². The third kappa shape index (κ3) is 5.09. The number of carbonyl (C=O) groups is 1. The van der Waals surface area contributed by atoms with Crippen molar-refractivity contribution >= 4 is 17.6 Å². The fraction of sp³-hybridized carbons (Fsp3) is 0.500. The molecule has 0 saturated heterocycles. The van der Waals surface area contributed by atoms with Crippen molar-refractivity contribution in [3.8, 4) is 5.75 Å². The summed E-state index contributed by atoms with van der Waals surface area (Å²) in [4.78, 5) is 10.9. The number of halogens is 1. The first kappa shape index (κ1) is 15.8. The Bertz CT molecular complexity index is 435. The summed E-state index contributed by atoms with van der Waals surface area (Å²) in [5, 5.41) is 12.7. The third-order valence-corrected chi connectivity index (χ3v) is 2.92. The normalized spacial score (nSPS) is 12.5. The SMILES string of the molecule is CCC(Oc1ccc(CNC(C)C)cc1Cl)C(=O)O. The molecule has 0 bridgehead atoms. The number of nitrogens with one attached hydrogen (secondary N) is 1. The number of aliphatic carboxylic acids is 1. The zero-order valence-electron chi connectivity index (χ0n) is 11.4. The number of rotatable bonds is 7. The summed E-state index contributed by atoms with van der Waals surface area (Å²) < 4.78 is 5.38. The highest BCUT2D eigenvalue weighted by Gasteiger charge is 2.18.